The van der Waals surface area contributed by atoms with Crippen molar-refractivity contribution >= 4 is 17.7 Å². The van der Waals surface area contributed by atoms with Crippen LogP contribution in [0.25, 0.3) is 0 Å². The molecule has 4 nitrogen and oxygen atoms in total. The smallest absolute Gasteiger partial charge is 0.251 e. The van der Waals surface area contributed by atoms with Crippen LogP contribution < -0.4 is 5.32 Å². The second-order valence-electron chi connectivity index (χ2n) is 4.91. The molecular weight excluding hydrogens is 260 g/mol. The van der Waals surface area contributed by atoms with E-state index in [4.69, 9.17) is 0 Å². The summed E-state index contributed by atoms with van der Waals surface area (Å²) in [5.41, 5.74) is 0.595. The predicted molar refractivity (Wildman–Crippen MR) is 76.3 cm³/mol. The molecule has 0 bridgehead atoms. The minimum Gasteiger partial charge on any atom is -0.391 e. The molecule has 1 heterocycles. The van der Waals surface area contributed by atoms with Gasteiger partial charge in [-0.05, 0) is 37.1 Å². The third kappa shape index (κ3) is 3.94. The lowest BCUT2D eigenvalue weighted by Crippen LogP contribution is -2.35. The molecule has 0 radical (unpaired) electrons. The monoisotopic (exact) mass is 280 g/mol. The highest BCUT2D eigenvalue weighted by Gasteiger charge is 2.23. The number of aromatic nitrogens is 1. The number of carbonyl (C=O) groups excluding carboxylic acids is 1. The Morgan fingerprint density at radius 3 is 3.00 bits per heavy atom. The molecule has 0 aromatic carbocycles. The maximum Gasteiger partial charge on any atom is 0.251 e. The van der Waals surface area contributed by atoms with Crippen molar-refractivity contribution in [2.45, 2.75) is 36.8 Å². The van der Waals surface area contributed by atoms with E-state index in [1.54, 1.807) is 18.3 Å². The van der Waals surface area contributed by atoms with Gasteiger partial charge >= 0.3 is 0 Å². The van der Waals surface area contributed by atoms with Crippen molar-refractivity contribution in [2.24, 2.45) is 5.92 Å². The van der Waals surface area contributed by atoms with E-state index in [1.807, 2.05) is 6.26 Å². The van der Waals surface area contributed by atoms with Crippen molar-refractivity contribution in [3.8, 4) is 0 Å². The summed E-state index contributed by atoms with van der Waals surface area (Å²) < 4.78 is 0. The number of amides is 1. The average molecular weight is 280 g/mol. The van der Waals surface area contributed by atoms with Gasteiger partial charge in [0, 0.05) is 18.3 Å². The van der Waals surface area contributed by atoms with E-state index in [1.165, 1.54) is 24.6 Å². The number of aliphatic hydroxyl groups excluding tert-OH is 1. The largest absolute Gasteiger partial charge is 0.391 e. The second-order valence-corrected chi connectivity index (χ2v) is 5.74. The summed E-state index contributed by atoms with van der Waals surface area (Å²) >= 11 is 1.50. The molecule has 0 aliphatic heterocycles. The lowest BCUT2D eigenvalue weighted by Gasteiger charge is -2.18. The highest BCUT2D eigenvalue weighted by Crippen LogP contribution is 2.27. The fraction of sp³-hybridized carbons (Fsp3) is 0.571. The van der Waals surface area contributed by atoms with Crippen LogP contribution in [0.1, 0.15) is 36.0 Å². The maximum absolute atomic E-state index is 12.0. The quantitative estimate of drug-likeness (QED) is 0.811. The Labute approximate surface area is 118 Å². The molecule has 2 N–H and O–H groups in total. The Kier molecular flexibility index (Phi) is 5.22. The Morgan fingerprint density at radius 1 is 1.58 bits per heavy atom. The van der Waals surface area contributed by atoms with Crippen LogP contribution in [0, 0.1) is 5.92 Å². The molecule has 1 aromatic rings. The molecule has 1 aromatic heterocycles. The van der Waals surface area contributed by atoms with Gasteiger partial charge < -0.3 is 10.4 Å². The number of thioether (sulfide) groups is 1. The van der Waals surface area contributed by atoms with Gasteiger partial charge in [-0.3, -0.25) is 4.79 Å². The standard InChI is InChI=1S/C14H20N2O2S/c1-19-13-8-11(6-7-15-13)14(18)16-9-12(17)10-4-2-3-5-10/h6-8,10,12,17H,2-5,9H2,1H3,(H,16,18). The van der Waals surface area contributed by atoms with Crippen LogP contribution in [0.2, 0.25) is 0 Å². The van der Waals surface area contributed by atoms with E-state index in [0.717, 1.165) is 17.9 Å². The van der Waals surface area contributed by atoms with Crippen molar-refractivity contribution in [3.63, 3.8) is 0 Å². The zero-order chi connectivity index (χ0) is 13.7. The Bertz CT molecular complexity index is 433. The van der Waals surface area contributed by atoms with E-state index in [0.29, 0.717) is 18.0 Å². The molecule has 0 saturated heterocycles. The fourth-order valence-corrected chi connectivity index (χ4v) is 2.88. The summed E-state index contributed by atoms with van der Waals surface area (Å²) in [4.78, 5) is 16.1. The number of hydrogen-bond donors (Lipinski definition) is 2. The first-order chi connectivity index (χ1) is 9.20. The molecule has 1 fully saturated rings. The number of hydrogen-bond acceptors (Lipinski definition) is 4. The van der Waals surface area contributed by atoms with Gasteiger partial charge in [0.05, 0.1) is 11.1 Å². The second kappa shape index (κ2) is 6.91. The molecule has 1 unspecified atom stereocenters. The zero-order valence-electron chi connectivity index (χ0n) is 11.1. The van der Waals surface area contributed by atoms with Crippen molar-refractivity contribution in [1.82, 2.24) is 10.3 Å². The van der Waals surface area contributed by atoms with Crippen LogP contribution >= 0.6 is 11.8 Å². The Hall–Kier alpha value is -1.07. The summed E-state index contributed by atoms with van der Waals surface area (Å²) in [5, 5.41) is 13.6. The molecular formula is C14H20N2O2S. The number of nitrogens with zero attached hydrogens (tertiary/aromatic N) is 1. The molecule has 1 amide bonds. The predicted octanol–water partition coefficient (Wildman–Crippen LogP) is 2.08. The third-order valence-corrected chi connectivity index (χ3v) is 4.26. The van der Waals surface area contributed by atoms with Gasteiger partial charge in [-0.1, -0.05) is 12.8 Å². The number of rotatable bonds is 5. The van der Waals surface area contributed by atoms with Crippen molar-refractivity contribution in [1.29, 1.82) is 0 Å². The number of nitrogens with one attached hydrogen (secondary N) is 1. The van der Waals surface area contributed by atoms with E-state index in [-0.39, 0.29) is 5.91 Å². The zero-order valence-corrected chi connectivity index (χ0v) is 11.9. The van der Waals surface area contributed by atoms with E-state index in [2.05, 4.69) is 10.3 Å². The lowest BCUT2D eigenvalue weighted by molar-refractivity contribution is 0.0840. The molecule has 1 aliphatic carbocycles. The maximum atomic E-state index is 12.0. The van der Waals surface area contributed by atoms with Gasteiger partial charge in [0.2, 0.25) is 0 Å². The molecule has 1 atom stereocenters. The molecule has 19 heavy (non-hydrogen) atoms. The van der Waals surface area contributed by atoms with Crippen LogP contribution in [0.15, 0.2) is 23.4 Å². The van der Waals surface area contributed by atoms with Crippen LogP contribution in [-0.4, -0.2) is 34.9 Å². The summed E-state index contributed by atoms with van der Waals surface area (Å²) in [6.07, 6.45) is 7.66. The van der Waals surface area contributed by atoms with Gasteiger partial charge in [0.15, 0.2) is 0 Å². The molecule has 1 saturated carbocycles. The number of pyridine rings is 1. The number of aliphatic hydroxyl groups is 1. The van der Waals surface area contributed by atoms with Gasteiger partial charge in [-0.2, -0.15) is 0 Å². The highest BCUT2D eigenvalue weighted by atomic mass is 32.2. The Morgan fingerprint density at radius 2 is 2.32 bits per heavy atom. The van der Waals surface area contributed by atoms with Crippen molar-refractivity contribution < 1.29 is 9.90 Å². The van der Waals surface area contributed by atoms with E-state index >= 15 is 0 Å². The first-order valence-corrected chi connectivity index (χ1v) is 7.89. The van der Waals surface area contributed by atoms with Gasteiger partial charge in [0.1, 0.15) is 0 Å². The summed E-state index contributed by atoms with van der Waals surface area (Å²) in [7, 11) is 0. The molecule has 104 valence electrons. The lowest BCUT2D eigenvalue weighted by atomic mass is 10.0. The van der Waals surface area contributed by atoms with Gasteiger partial charge in [0.25, 0.3) is 5.91 Å². The van der Waals surface area contributed by atoms with E-state index < -0.39 is 6.10 Å². The van der Waals surface area contributed by atoms with Crippen molar-refractivity contribution in [3.05, 3.63) is 23.9 Å². The minimum atomic E-state index is -0.423. The fourth-order valence-electron chi connectivity index (χ4n) is 2.47. The van der Waals surface area contributed by atoms with Crippen LogP contribution in [0.4, 0.5) is 0 Å². The van der Waals surface area contributed by atoms with E-state index in [9.17, 15) is 9.90 Å². The number of carbonyl (C=O) groups is 1. The third-order valence-electron chi connectivity index (χ3n) is 3.62. The SMILES string of the molecule is CSc1cc(C(=O)NCC(O)C2CCCC2)ccn1. The molecule has 0 spiro atoms. The molecule has 2 rings (SSSR count). The van der Waals surface area contributed by atoms with Crippen molar-refractivity contribution in [2.75, 3.05) is 12.8 Å². The summed E-state index contributed by atoms with van der Waals surface area (Å²) in [5.74, 6) is 0.203. The molecule has 5 heteroatoms. The minimum absolute atomic E-state index is 0.144. The summed E-state index contributed by atoms with van der Waals surface area (Å²) in [6, 6.07) is 3.46. The van der Waals surface area contributed by atoms with Crippen LogP contribution in [0.3, 0.4) is 0 Å². The first-order valence-electron chi connectivity index (χ1n) is 6.67. The van der Waals surface area contributed by atoms with Crippen LogP contribution in [0.5, 0.6) is 0 Å². The van der Waals surface area contributed by atoms with Gasteiger partial charge in [-0.25, -0.2) is 4.98 Å². The Balaban J connectivity index is 1.86. The highest BCUT2D eigenvalue weighted by molar-refractivity contribution is 7.98. The van der Waals surface area contributed by atoms with Gasteiger partial charge in [-0.15, -0.1) is 11.8 Å². The van der Waals surface area contributed by atoms with Crippen LogP contribution in [-0.2, 0) is 0 Å². The first kappa shape index (κ1) is 14.3. The molecule has 1 aliphatic rings. The average Bonchev–Trinajstić information content (AvgIpc) is 2.98. The normalized spacial score (nSPS) is 17.4. The summed E-state index contributed by atoms with van der Waals surface area (Å²) in [6.45, 7) is 0.334. The topological polar surface area (TPSA) is 62.2 Å².